The first-order valence-electron chi connectivity index (χ1n) is 8.80. The Morgan fingerprint density at radius 3 is 2.44 bits per heavy atom. The van der Waals surface area contributed by atoms with Crippen molar-refractivity contribution in [1.82, 2.24) is 10.3 Å². The van der Waals surface area contributed by atoms with Crippen LogP contribution >= 0.6 is 11.3 Å². The number of anilines is 1. The van der Waals surface area contributed by atoms with E-state index in [9.17, 15) is 14.9 Å². The highest BCUT2D eigenvalue weighted by atomic mass is 32.1. The second-order valence-electron chi connectivity index (χ2n) is 7.80. The Labute approximate surface area is 163 Å². The zero-order chi connectivity index (χ0) is 20.4. The average molecular weight is 391 g/mol. The summed E-state index contributed by atoms with van der Waals surface area (Å²) in [5.74, 6) is -0.331. The number of hydrogen-bond donors (Lipinski definition) is 2. The molecule has 1 heterocycles. The predicted octanol–water partition coefficient (Wildman–Crippen LogP) is 4.66. The number of nitro benzene ring substituents is 1. The Kier molecular flexibility index (Phi) is 6.20. The normalized spacial score (nSPS) is 12.7. The molecule has 1 amide bonds. The lowest BCUT2D eigenvalue weighted by Gasteiger charge is -2.16. The van der Waals surface area contributed by atoms with Gasteiger partial charge < -0.3 is 10.6 Å². The second kappa shape index (κ2) is 8.04. The van der Waals surface area contributed by atoms with E-state index in [2.05, 4.69) is 36.4 Å². The molecule has 1 unspecified atom stereocenters. The minimum atomic E-state index is -0.482. The first kappa shape index (κ1) is 20.8. The third-order valence-corrected chi connectivity index (χ3v) is 4.94. The Balaban J connectivity index is 2.26. The lowest BCUT2D eigenvalue weighted by Crippen LogP contribution is -2.30. The summed E-state index contributed by atoms with van der Waals surface area (Å²) in [5.41, 5.74) is 1.43. The Morgan fingerprint density at radius 1 is 1.26 bits per heavy atom. The van der Waals surface area contributed by atoms with Gasteiger partial charge in [-0.3, -0.25) is 14.9 Å². The molecule has 0 aliphatic heterocycles. The van der Waals surface area contributed by atoms with Gasteiger partial charge in [-0.25, -0.2) is 4.98 Å². The van der Waals surface area contributed by atoms with Gasteiger partial charge in [-0.05, 0) is 32.9 Å². The quantitative estimate of drug-likeness (QED) is 0.552. The molecule has 2 rings (SSSR count). The van der Waals surface area contributed by atoms with Gasteiger partial charge in [0.2, 0.25) is 0 Å². The molecule has 1 aromatic carbocycles. The number of thiazole rings is 1. The molecule has 2 aromatic rings. The van der Waals surface area contributed by atoms with E-state index >= 15 is 0 Å². The standard InChI is InChI=1S/C19H26N4O3S/c1-11(2)20-17(24)13-7-8-14(15(9-13)23(25)26)21-12(3)18-22-16(10-27-18)19(4,5)6/h7-12,21H,1-6H3,(H,20,24). The van der Waals surface area contributed by atoms with Crippen LogP contribution in [0.3, 0.4) is 0 Å². The lowest BCUT2D eigenvalue weighted by atomic mass is 9.93. The number of carbonyl (C=O) groups is 1. The Morgan fingerprint density at radius 2 is 1.93 bits per heavy atom. The maximum Gasteiger partial charge on any atom is 0.293 e. The molecule has 0 radical (unpaired) electrons. The van der Waals surface area contributed by atoms with Crippen LogP contribution in [0.4, 0.5) is 11.4 Å². The molecule has 8 heteroatoms. The van der Waals surface area contributed by atoms with Crippen LogP contribution in [0.15, 0.2) is 23.6 Å². The van der Waals surface area contributed by atoms with Gasteiger partial charge in [0.25, 0.3) is 11.6 Å². The highest BCUT2D eigenvalue weighted by Crippen LogP contribution is 2.32. The van der Waals surface area contributed by atoms with E-state index in [4.69, 9.17) is 0 Å². The van der Waals surface area contributed by atoms with E-state index in [-0.39, 0.29) is 34.7 Å². The largest absolute Gasteiger partial charge is 0.371 e. The summed E-state index contributed by atoms with van der Waals surface area (Å²) in [6.07, 6.45) is 0. The van der Waals surface area contributed by atoms with Crippen molar-refractivity contribution in [2.45, 2.75) is 59.0 Å². The average Bonchev–Trinajstić information content (AvgIpc) is 3.04. The number of rotatable bonds is 6. The van der Waals surface area contributed by atoms with E-state index in [0.29, 0.717) is 5.69 Å². The fourth-order valence-electron chi connectivity index (χ4n) is 2.42. The topological polar surface area (TPSA) is 97.2 Å². The van der Waals surface area contributed by atoms with Gasteiger partial charge in [-0.15, -0.1) is 11.3 Å². The van der Waals surface area contributed by atoms with Gasteiger partial charge >= 0.3 is 0 Å². The van der Waals surface area contributed by atoms with Crippen LogP contribution in [-0.4, -0.2) is 21.9 Å². The van der Waals surface area contributed by atoms with Crippen molar-refractivity contribution in [3.63, 3.8) is 0 Å². The molecule has 1 atom stereocenters. The molecule has 0 fully saturated rings. The maximum atomic E-state index is 12.1. The summed E-state index contributed by atoms with van der Waals surface area (Å²) in [6.45, 7) is 11.9. The zero-order valence-electron chi connectivity index (χ0n) is 16.5. The maximum absolute atomic E-state index is 12.1. The number of amides is 1. The number of nitrogens with zero attached hydrogens (tertiary/aromatic N) is 2. The third-order valence-electron chi connectivity index (χ3n) is 3.91. The van der Waals surface area contributed by atoms with Crippen LogP contribution in [0, 0.1) is 10.1 Å². The third kappa shape index (κ3) is 5.26. The molecule has 7 nitrogen and oxygen atoms in total. The van der Waals surface area contributed by atoms with Crippen LogP contribution in [0.1, 0.15) is 68.6 Å². The predicted molar refractivity (Wildman–Crippen MR) is 109 cm³/mol. The summed E-state index contributed by atoms with van der Waals surface area (Å²) in [4.78, 5) is 27.8. The van der Waals surface area contributed by atoms with E-state index in [0.717, 1.165) is 10.7 Å². The molecule has 1 aromatic heterocycles. The molecule has 0 saturated heterocycles. The number of carbonyl (C=O) groups excluding carboxylic acids is 1. The molecule has 146 valence electrons. The van der Waals surface area contributed by atoms with Gasteiger partial charge in [-0.2, -0.15) is 0 Å². The minimum Gasteiger partial charge on any atom is -0.371 e. The summed E-state index contributed by atoms with van der Waals surface area (Å²) in [6, 6.07) is 4.22. The molecular weight excluding hydrogens is 364 g/mol. The van der Waals surface area contributed by atoms with E-state index < -0.39 is 4.92 Å². The molecule has 0 bridgehead atoms. The number of hydrogen-bond acceptors (Lipinski definition) is 6. The number of aromatic nitrogens is 1. The highest BCUT2D eigenvalue weighted by molar-refractivity contribution is 7.09. The Hall–Kier alpha value is -2.48. The molecule has 27 heavy (non-hydrogen) atoms. The van der Waals surface area contributed by atoms with Gasteiger partial charge in [0.05, 0.1) is 16.7 Å². The highest BCUT2D eigenvalue weighted by Gasteiger charge is 2.22. The summed E-state index contributed by atoms with van der Waals surface area (Å²) in [5, 5.41) is 20.3. The van der Waals surface area contributed by atoms with Crippen LogP contribution in [0.5, 0.6) is 0 Å². The smallest absolute Gasteiger partial charge is 0.293 e. The Bertz CT molecular complexity index is 840. The van der Waals surface area contributed by atoms with Crippen molar-refractivity contribution >= 4 is 28.6 Å². The summed E-state index contributed by atoms with van der Waals surface area (Å²) >= 11 is 1.53. The molecule has 0 saturated carbocycles. The zero-order valence-corrected chi connectivity index (χ0v) is 17.3. The van der Waals surface area contributed by atoms with Crippen molar-refractivity contribution < 1.29 is 9.72 Å². The van der Waals surface area contributed by atoms with Crippen LogP contribution in [-0.2, 0) is 5.41 Å². The number of nitrogens with one attached hydrogen (secondary N) is 2. The van der Waals surface area contributed by atoms with Crippen LogP contribution in [0.25, 0.3) is 0 Å². The van der Waals surface area contributed by atoms with Crippen LogP contribution < -0.4 is 10.6 Å². The first-order valence-corrected chi connectivity index (χ1v) is 9.68. The molecule has 0 aliphatic rings. The molecular formula is C19H26N4O3S. The van der Waals surface area contributed by atoms with E-state index in [1.54, 1.807) is 12.1 Å². The summed E-state index contributed by atoms with van der Waals surface area (Å²) < 4.78 is 0. The van der Waals surface area contributed by atoms with E-state index in [1.807, 2.05) is 26.2 Å². The van der Waals surface area contributed by atoms with Crippen LogP contribution in [0.2, 0.25) is 0 Å². The molecule has 0 aliphatic carbocycles. The van der Waals surface area contributed by atoms with Crippen molar-refractivity contribution in [2.75, 3.05) is 5.32 Å². The number of benzene rings is 1. The minimum absolute atomic E-state index is 0.0451. The van der Waals surface area contributed by atoms with Gasteiger partial charge in [0.15, 0.2) is 0 Å². The van der Waals surface area contributed by atoms with Crippen molar-refractivity contribution in [2.24, 2.45) is 0 Å². The lowest BCUT2D eigenvalue weighted by molar-refractivity contribution is -0.384. The SMILES string of the molecule is CC(C)NC(=O)c1ccc(NC(C)c2nc(C(C)(C)C)cs2)c([N+](=O)[O-])c1. The van der Waals surface area contributed by atoms with Gasteiger partial charge in [0.1, 0.15) is 10.7 Å². The van der Waals surface area contributed by atoms with Gasteiger partial charge in [-0.1, -0.05) is 20.8 Å². The molecule has 0 spiro atoms. The number of nitro groups is 1. The first-order chi connectivity index (χ1) is 12.5. The fourth-order valence-corrected chi connectivity index (χ4v) is 3.47. The summed E-state index contributed by atoms with van der Waals surface area (Å²) in [7, 11) is 0. The fraction of sp³-hybridized carbons (Fsp3) is 0.474. The van der Waals surface area contributed by atoms with Gasteiger partial charge in [0, 0.05) is 28.5 Å². The van der Waals surface area contributed by atoms with Crippen molar-refractivity contribution in [3.8, 4) is 0 Å². The van der Waals surface area contributed by atoms with Crippen molar-refractivity contribution in [1.29, 1.82) is 0 Å². The second-order valence-corrected chi connectivity index (χ2v) is 8.69. The van der Waals surface area contributed by atoms with E-state index in [1.165, 1.54) is 17.4 Å². The molecule has 2 N–H and O–H groups in total. The monoisotopic (exact) mass is 390 g/mol. The van der Waals surface area contributed by atoms with Crippen molar-refractivity contribution in [3.05, 3.63) is 50.0 Å².